The number of aromatic carboxylic acids is 1. The second-order valence-corrected chi connectivity index (χ2v) is 6.41. The van der Waals surface area contributed by atoms with E-state index in [-0.39, 0.29) is 23.4 Å². The number of pyridine rings is 1. The molecule has 1 N–H and O–H groups in total. The minimum atomic E-state index is -1.09. The Morgan fingerprint density at radius 2 is 2.04 bits per heavy atom. The molecule has 3 aromatic rings. The van der Waals surface area contributed by atoms with E-state index in [1.807, 2.05) is 26.8 Å². The molecule has 0 aliphatic heterocycles. The number of nitrogens with zero attached hydrogens (tertiary/aromatic N) is 2. The third-order valence-electron chi connectivity index (χ3n) is 4.27. The first kappa shape index (κ1) is 17.9. The lowest BCUT2D eigenvalue weighted by molar-refractivity contribution is 0.0680. The predicted molar refractivity (Wildman–Crippen MR) is 98.2 cm³/mol. The molecular formula is C20H21FN2O3. The molecule has 0 amide bonds. The van der Waals surface area contributed by atoms with E-state index in [1.165, 1.54) is 6.07 Å². The van der Waals surface area contributed by atoms with E-state index < -0.39 is 5.97 Å². The minimum Gasteiger partial charge on any atom is -0.486 e. The van der Waals surface area contributed by atoms with Crippen LogP contribution in [0.5, 0.6) is 5.75 Å². The smallest absolute Gasteiger partial charge is 0.356 e. The summed E-state index contributed by atoms with van der Waals surface area (Å²) in [6, 6.07) is 8.31. The van der Waals surface area contributed by atoms with Gasteiger partial charge in [-0.25, -0.2) is 14.2 Å². The Hall–Kier alpha value is -2.89. The molecule has 6 heteroatoms. The number of fused-ring (bicyclic) bond motifs is 1. The van der Waals surface area contributed by atoms with Crippen molar-refractivity contribution in [2.45, 2.75) is 33.3 Å². The molecule has 0 aliphatic rings. The summed E-state index contributed by atoms with van der Waals surface area (Å²) in [7, 11) is 1.67. The molecule has 2 heterocycles. The molecule has 26 heavy (non-hydrogen) atoms. The molecule has 0 radical (unpaired) electrons. The average Bonchev–Trinajstić information content (AvgIpc) is 2.85. The summed E-state index contributed by atoms with van der Waals surface area (Å²) in [6.45, 7) is 5.60. The van der Waals surface area contributed by atoms with Gasteiger partial charge in [0.05, 0.1) is 17.3 Å². The van der Waals surface area contributed by atoms with Gasteiger partial charge in [0.25, 0.3) is 0 Å². The van der Waals surface area contributed by atoms with Gasteiger partial charge in [0.15, 0.2) is 11.4 Å². The van der Waals surface area contributed by atoms with E-state index >= 15 is 0 Å². The van der Waals surface area contributed by atoms with Gasteiger partial charge < -0.3 is 14.4 Å². The zero-order valence-corrected chi connectivity index (χ0v) is 15.2. The number of carboxylic acid groups (broad SMARTS) is 1. The topological polar surface area (TPSA) is 64.3 Å². The molecule has 2 aromatic heterocycles. The van der Waals surface area contributed by atoms with Crippen molar-refractivity contribution in [1.29, 1.82) is 0 Å². The Morgan fingerprint density at radius 1 is 1.35 bits per heavy atom. The van der Waals surface area contributed by atoms with E-state index in [9.17, 15) is 14.3 Å². The number of ether oxygens (including phenoxy) is 1. The van der Waals surface area contributed by atoms with Gasteiger partial charge in [-0.3, -0.25) is 0 Å². The highest BCUT2D eigenvalue weighted by atomic mass is 19.1. The molecule has 5 nitrogen and oxygen atoms in total. The van der Waals surface area contributed by atoms with Crippen LogP contribution in [0.25, 0.3) is 22.3 Å². The zero-order valence-electron chi connectivity index (χ0n) is 15.2. The van der Waals surface area contributed by atoms with Crippen LogP contribution in [0, 0.1) is 5.82 Å². The maximum absolute atomic E-state index is 14.3. The maximum Gasteiger partial charge on any atom is 0.356 e. The van der Waals surface area contributed by atoms with E-state index in [0.29, 0.717) is 28.7 Å². The van der Waals surface area contributed by atoms with Gasteiger partial charge in [-0.15, -0.1) is 0 Å². The van der Waals surface area contributed by atoms with Gasteiger partial charge in [0.1, 0.15) is 11.3 Å². The third-order valence-corrected chi connectivity index (χ3v) is 4.27. The summed E-state index contributed by atoms with van der Waals surface area (Å²) in [5, 5.41) is 9.63. The number of aromatic nitrogens is 2. The van der Waals surface area contributed by atoms with Gasteiger partial charge in [0, 0.05) is 12.6 Å². The number of rotatable bonds is 5. The summed E-state index contributed by atoms with van der Waals surface area (Å²) in [6.07, 6.45) is 0.420. The second-order valence-electron chi connectivity index (χ2n) is 6.41. The van der Waals surface area contributed by atoms with E-state index in [4.69, 9.17) is 4.74 Å². The quantitative estimate of drug-likeness (QED) is 0.735. The number of carbonyl (C=O) groups is 1. The lowest BCUT2D eigenvalue weighted by Gasteiger charge is -2.11. The van der Waals surface area contributed by atoms with Gasteiger partial charge in [-0.2, -0.15) is 0 Å². The highest BCUT2D eigenvalue weighted by molar-refractivity contribution is 6.00. The van der Waals surface area contributed by atoms with Crippen LogP contribution in [0.1, 0.15) is 36.8 Å². The lowest BCUT2D eigenvalue weighted by Crippen LogP contribution is -2.11. The zero-order chi connectivity index (χ0) is 19.0. The van der Waals surface area contributed by atoms with Crippen LogP contribution in [-0.4, -0.2) is 26.7 Å². The van der Waals surface area contributed by atoms with Crippen LogP contribution in [-0.2, 0) is 13.5 Å². The molecule has 0 atom stereocenters. The highest BCUT2D eigenvalue weighted by Crippen LogP contribution is 2.36. The fraction of sp³-hybridized carbons (Fsp3) is 0.300. The number of aryl methyl sites for hydroxylation is 2. The van der Waals surface area contributed by atoms with Crippen LogP contribution >= 0.6 is 0 Å². The normalized spacial score (nSPS) is 11.3. The second kappa shape index (κ2) is 6.78. The molecule has 0 saturated heterocycles. The molecule has 0 unspecified atom stereocenters. The number of halogens is 1. The Bertz CT molecular complexity index is 992. The fourth-order valence-electron chi connectivity index (χ4n) is 3.09. The van der Waals surface area contributed by atoms with Gasteiger partial charge >= 0.3 is 5.97 Å². The molecule has 0 fully saturated rings. The Kier molecular flexibility index (Phi) is 4.68. The molecule has 0 aliphatic carbocycles. The number of hydrogen-bond acceptors (Lipinski definition) is 3. The average molecular weight is 356 g/mol. The first-order valence-electron chi connectivity index (χ1n) is 8.52. The van der Waals surface area contributed by atoms with Crippen LogP contribution < -0.4 is 4.74 Å². The van der Waals surface area contributed by atoms with Crippen molar-refractivity contribution in [2.24, 2.45) is 7.05 Å². The number of hydrogen-bond donors (Lipinski definition) is 1. The summed E-state index contributed by atoms with van der Waals surface area (Å²) >= 11 is 0. The molecule has 0 spiro atoms. The Balaban J connectivity index is 2.39. The Labute approximate surface area is 151 Å². The fourth-order valence-corrected chi connectivity index (χ4v) is 3.09. The first-order chi connectivity index (χ1) is 12.3. The van der Waals surface area contributed by atoms with E-state index in [0.717, 1.165) is 5.56 Å². The van der Waals surface area contributed by atoms with Crippen molar-refractivity contribution < 1.29 is 19.0 Å². The largest absolute Gasteiger partial charge is 0.486 e. The van der Waals surface area contributed by atoms with Gasteiger partial charge in [0.2, 0.25) is 0 Å². The highest BCUT2D eigenvalue weighted by Gasteiger charge is 2.26. The van der Waals surface area contributed by atoms with Crippen LogP contribution in [0.2, 0.25) is 0 Å². The van der Waals surface area contributed by atoms with Crippen LogP contribution in [0.4, 0.5) is 4.39 Å². The van der Waals surface area contributed by atoms with Crippen molar-refractivity contribution in [2.75, 3.05) is 0 Å². The first-order valence-corrected chi connectivity index (χ1v) is 8.52. The molecular weight excluding hydrogens is 335 g/mol. The summed E-state index contributed by atoms with van der Waals surface area (Å²) in [5.74, 6) is -1.24. The molecule has 0 saturated carbocycles. The maximum atomic E-state index is 14.3. The molecule has 1 aromatic carbocycles. The van der Waals surface area contributed by atoms with Crippen molar-refractivity contribution in [3.63, 3.8) is 0 Å². The van der Waals surface area contributed by atoms with Gasteiger partial charge in [-0.05, 0) is 44.0 Å². The van der Waals surface area contributed by atoms with Crippen molar-refractivity contribution in [1.82, 2.24) is 9.55 Å². The third kappa shape index (κ3) is 2.92. The van der Waals surface area contributed by atoms with Crippen molar-refractivity contribution >= 4 is 17.0 Å². The minimum absolute atomic E-state index is 0.0361. The SMILES string of the molecule is CCc1cc2c(nc1-c1ccccc1F)c(OC(C)C)c(C(=O)O)n2C. The van der Waals surface area contributed by atoms with Crippen molar-refractivity contribution in [3.8, 4) is 17.0 Å². The van der Waals surface area contributed by atoms with E-state index in [2.05, 4.69) is 4.98 Å². The van der Waals surface area contributed by atoms with Crippen LogP contribution in [0.3, 0.4) is 0 Å². The van der Waals surface area contributed by atoms with Crippen molar-refractivity contribution in [3.05, 3.63) is 47.4 Å². The van der Waals surface area contributed by atoms with E-state index in [1.54, 1.807) is 29.8 Å². The lowest BCUT2D eigenvalue weighted by atomic mass is 10.0. The Morgan fingerprint density at radius 3 is 2.62 bits per heavy atom. The standard InChI is InChI=1S/C20H21FN2O3/c1-5-12-10-15-17(22-16(12)13-8-6-7-9-14(13)21)19(26-11(2)3)18(20(24)25)23(15)4/h6-11H,5H2,1-4H3,(H,24,25). The molecule has 136 valence electrons. The molecule has 3 rings (SSSR count). The van der Waals surface area contributed by atoms with Crippen LogP contribution in [0.15, 0.2) is 30.3 Å². The summed E-state index contributed by atoms with van der Waals surface area (Å²) in [4.78, 5) is 16.4. The predicted octanol–water partition coefficient (Wildman–Crippen LogP) is 4.43. The summed E-state index contributed by atoms with van der Waals surface area (Å²) in [5.41, 5.74) is 2.85. The number of carboxylic acids is 1. The number of benzene rings is 1. The monoisotopic (exact) mass is 356 g/mol. The molecule has 0 bridgehead atoms. The van der Waals surface area contributed by atoms with Gasteiger partial charge in [-0.1, -0.05) is 19.1 Å². The summed E-state index contributed by atoms with van der Waals surface area (Å²) < 4.78 is 21.7.